The molecule has 0 bridgehead atoms. The molecule has 0 saturated carbocycles. The van der Waals surface area contributed by atoms with E-state index in [2.05, 4.69) is 10.3 Å². The van der Waals surface area contributed by atoms with E-state index < -0.39 is 5.91 Å². The maximum atomic E-state index is 12.1. The van der Waals surface area contributed by atoms with Crippen molar-refractivity contribution in [3.63, 3.8) is 0 Å². The van der Waals surface area contributed by atoms with E-state index in [4.69, 9.17) is 27.1 Å². The lowest BCUT2D eigenvalue weighted by atomic mass is 10.2. The molecule has 1 heterocycles. The van der Waals surface area contributed by atoms with Crippen LogP contribution in [0, 0.1) is 11.3 Å². The van der Waals surface area contributed by atoms with Crippen LogP contribution in [0.5, 0.6) is 0 Å². The van der Waals surface area contributed by atoms with E-state index in [9.17, 15) is 4.79 Å². The quantitative estimate of drug-likeness (QED) is 0.381. The van der Waals surface area contributed by atoms with Crippen LogP contribution < -0.4 is 5.32 Å². The van der Waals surface area contributed by atoms with Gasteiger partial charge in [0.1, 0.15) is 11.6 Å². The Hall–Kier alpha value is -2.14. The summed E-state index contributed by atoms with van der Waals surface area (Å²) in [5.41, 5.74) is 0.285. The Morgan fingerprint density at radius 2 is 2.14 bits per heavy atom. The highest BCUT2D eigenvalue weighted by Crippen LogP contribution is 2.17. The first-order valence-corrected chi connectivity index (χ1v) is 6.50. The Bertz CT molecular complexity index is 551. The predicted molar refractivity (Wildman–Crippen MR) is 77.3 cm³/mol. The van der Waals surface area contributed by atoms with Gasteiger partial charge in [0.05, 0.1) is 18.9 Å². The van der Waals surface area contributed by atoms with Gasteiger partial charge in [-0.25, -0.2) is 4.98 Å². The number of rotatable bonds is 7. The SMILES string of the molecule is N#C/C(=C/Nc1cccnc1Cl)C(=O)N(CCO)CCO. The van der Waals surface area contributed by atoms with E-state index in [0.717, 1.165) is 0 Å². The summed E-state index contributed by atoms with van der Waals surface area (Å²) in [4.78, 5) is 17.1. The largest absolute Gasteiger partial charge is 0.395 e. The molecular weight excluding hydrogens is 296 g/mol. The second kappa shape index (κ2) is 8.92. The Morgan fingerprint density at radius 3 is 2.67 bits per heavy atom. The molecule has 1 aromatic rings. The minimum Gasteiger partial charge on any atom is -0.395 e. The number of carbonyl (C=O) groups excluding carboxylic acids is 1. The van der Waals surface area contributed by atoms with Crippen LogP contribution in [-0.4, -0.2) is 52.3 Å². The fourth-order valence-corrected chi connectivity index (χ4v) is 1.69. The second-order valence-electron chi connectivity index (χ2n) is 3.90. The standard InChI is InChI=1S/C13H15ClN4O3/c14-12-11(2-1-3-16-12)17-9-10(8-15)13(21)18(4-6-19)5-7-20/h1-3,9,17,19-20H,4-7H2/b10-9-. The number of carbonyl (C=O) groups is 1. The third kappa shape index (κ3) is 5.04. The van der Waals surface area contributed by atoms with Crippen molar-refractivity contribution in [1.29, 1.82) is 5.26 Å². The molecule has 0 atom stereocenters. The lowest BCUT2D eigenvalue weighted by Gasteiger charge is -2.20. The maximum Gasteiger partial charge on any atom is 0.266 e. The summed E-state index contributed by atoms with van der Waals surface area (Å²) in [7, 11) is 0. The molecule has 1 amide bonds. The summed E-state index contributed by atoms with van der Waals surface area (Å²) in [6.45, 7) is -0.448. The van der Waals surface area contributed by atoms with Gasteiger partial charge >= 0.3 is 0 Å². The van der Waals surface area contributed by atoms with E-state index >= 15 is 0 Å². The van der Waals surface area contributed by atoms with Crippen molar-refractivity contribution in [2.45, 2.75) is 0 Å². The van der Waals surface area contributed by atoms with E-state index in [1.807, 2.05) is 0 Å². The molecule has 0 spiro atoms. The molecule has 0 saturated heterocycles. The van der Waals surface area contributed by atoms with Gasteiger partial charge in [0, 0.05) is 25.5 Å². The van der Waals surface area contributed by atoms with E-state index in [1.54, 1.807) is 18.2 Å². The van der Waals surface area contributed by atoms with Crippen molar-refractivity contribution >= 4 is 23.2 Å². The highest BCUT2D eigenvalue weighted by atomic mass is 35.5. The summed E-state index contributed by atoms with van der Waals surface area (Å²) >= 11 is 5.85. The number of anilines is 1. The minimum absolute atomic E-state index is 0.0338. The normalized spacial score (nSPS) is 10.9. The van der Waals surface area contributed by atoms with Crippen molar-refractivity contribution in [3.8, 4) is 6.07 Å². The van der Waals surface area contributed by atoms with E-state index in [1.165, 1.54) is 17.3 Å². The lowest BCUT2D eigenvalue weighted by Crippen LogP contribution is -2.36. The number of hydrogen-bond acceptors (Lipinski definition) is 6. The molecule has 0 radical (unpaired) electrons. The lowest BCUT2D eigenvalue weighted by molar-refractivity contribution is -0.127. The summed E-state index contributed by atoms with van der Waals surface area (Å²) in [5, 5.41) is 29.8. The third-order valence-corrected chi connectivity index (χ3v) is 2.81. The van der Waals surface area contributed by atoms with Gasteiger partial charge < -0.3 is 20.4 Å². The van der Waals surface area contributed by atoms with Crippen LogP contribution in [0.4, 0.5) is 5.69 Å². The molecule has 1 rings (SSSR count). The number of nitriles is 1. The van der Waals surface area contributed by atoms with E-state index in [0.29, 0.717) is 5.69 Å². The molecular formula is C13H15ClN4O3. The predicted octanol–water partition coefficient (Wildman–Crippen LogP) is 0.368. The van der Waals surface area contributed by atoms with Gasteiger partial charge in [0.25, 0.3) is 5.91 Å². The number of nitrogens with one attached hydrogen (secondary N) is 1. The molecule has 0 aliphatic carbocycles. The molecule has 0 fully saturated rings. The van der Waals surface area contributed by atoms with Crippen molar-refractivity contribution in [2.24, 2.45) is 0 Å². The zero-order valence-electron chi connectivity index (χ0n) is 11.2. The third-order valence-electron chi connectivity index (χ3n) is 2.51. The molecule has 0 aliphatic rings. The van der Waals surface area contributed by atoms with Crippen LogP contribution in [0.25, 0.3) is 0 Å². The molecule has 1 aromatic heterocycles. The average molecular weight is 311 g/mol. The number of hydrogen-bond donors (Lipinski definition) is 3. The summed E-state index contributed by atoms with van der Waals surface area (Å²) < 4.78 is 0. The molecule has 21 heavy (non-hydrogen) atoms. The number of aliphatic hydroxyl groups excluding tert-OH is 2. The average Bonchev–Trinajstić information content (AvgIpc) is 2.49. The second-order valence-corrected chi connectivity index (χ2v) is 4.25. The van der Waals surface area contributed by atoms with Gasteiger partial charge in [-0.2, -0.15) is 5.26 Å². The first kappa shape index (κ1) is 16.9. The number of aromatic nitrogens is 1. The van der Waals surface area contributed by atoms with Crippen molar-refractivity contribution in [2.75, 3.05) is 31.6 Å². The summed E-state index contributed by atoms with van der Waals surface area (Å²) in [5.74, 6) is -0.590. The van der Waals surface area contributed by atoms with Crippen LogP contribution in [0.15, 0.2) is 30.1 Å². The fourth-order valence-electron chi connectivity index (χ4n) is 1.51. The van der Waals surface area contributed by atoms with Crippen molar-refractivity contribution < 1.29 is 15.0 Å². The monoisotopic (exact) mass is 310 g/mol. The number of nitrogens with zero attached hydrogens (tertiary/aromatic N) is 3. The van der Waals surface area contributed by atoms with Crippen LogP contribution in [0.2, 0.25) is 5.15 Å². The molecule has 8 heteroatoms. The van der Waals surface area contributed by atoms with Crippen molar-refractivity contribution in [3.05, 3.63) is 35.3 Å². The van der Waals surface area contributed by atoms with Gasteiger partial charge in [-0.1, -0.05) is 11.6 Å². The van der Waals surface area contributed by atoms with Crippen LogP contribution in [-0.2, 0) is 4.79 Å². The highest BCUT2D eigenvalue weighted by Gasteiger charge is 2.17. The van der Waals surface area contributed by atoms with Crippen LogP contribution in [0.1, 0.15) is 0 Å². The first-order valence-electron chi connectivity index (χ1n) is 6.12. The number of aliphatic hydroxyl groups is 2. The molecule has 112 valence electrons. The van der Waals surface area contributed by atoms with Crippen LogP contribution >= 0.6 is 11.6 Å². The maximum absolute atomic E-state index is 12.1. The molecule has 3 N–H and O–H groups in total. The minimum atomic E-state index is -0.590. The fraction of sp³-hybridized carbons (Fsp3) is 0.308. The Balaban J connectivity index is 2.86. The highest BCUT2D eigenvalue weighted by molar-refractivity contribution is 6.32. The van der Waals surface area contributed by atoms with Gasteiger partial charge in [0.15, 0.2) is 5.15 Å². The first-order chi connectivity index (χ1) is 10.1. The Kier molecular flexibility index (Phi) is 7.18. The van der Waals surface area contributed by atoms with Crippen molar-refractivity contribution in [1.82, 2.24) is 9.88 Å². The Morgan fingerprint density at radius 1 is 1.48 bits per heavy atom. The number of amides is 1. The number of pyridine rings is 1. The summed E-state index contributed by atoms with van der Waals surface area (Å²) in [6, 6.07) is 5.07. The van der Waals surface area contributed by atoms with Gasteiger partial charge in [-0.15, -0.1) is 0 Å². The van der Waals surface area contributed by atoms with Crippen LogP contribution in [0.3, 0.4) is 0 Å². The topological polar surface area (TPSA) is 109 Å². The number of halogens is 1. The Labute approximate surface area is 127 Å². The molecule has 0 aliphatic heterocycles. The molecule has 7 nitrogen and oxygen atoms in total. The van der Waals surface area contributed by atoms with E-state index in [-0.39, 0.29) is 37.0 Å². The smallest absolute Gasteiger partial charge is 0.266 e. The summed E-state index contributed by atoms with van der Waals surface area (Å²) in [6.07, 6.45) is 2.73. The van der Waals surface area contributed by atoms with Gasteiger partial charge in [-0.05, 0) is 12.1 Å². The van der Waals surface area contributed by atoms with Gasteiger partial charge in [-0.3, -0.25) is 4.79 Å². The molecule has 0 aromatic carbocycles. The van der Waals surface area contributed by atoms with Gasteiger partial charge in [0.2, 0.25) is 0 Å². The zero-order chi connectivity index (χ0) is 15.7. The zero-order valence-corrected chi connectivity index (χ0v) is 11.9. The molecule has 0 unspecified atom stereocenters.